The fraction of sp³-hybridized carbons (Fsp3) is 0.600. The van der Waals surface area contributed by atoms with Crippen LogP contribution in [0.15, 0.2) is 18.5 Å². The molecule has 2 heterocycles. The zero-order valence-electron chi connectivity index (χ0n) is 12.5. The summed E-state index contributed by atoms with van der Waals surface area (Å²) in [6, 6.07) is 1.87. The largest absolute Gasteiger partial charge is 0.385 e. The Morgan fingerprint density at radius 1 is 1.50 bits per heavy atom. The minimum atomic E-state index is 0.0901. The Kier molecular flexibility index (Phi) is 4.91. The minimum Gasteiger partial charge on any atom is -0.385 e. The lowest BCUT2D eigenvalue weighted by Crippen LogP contribution is -2.34. The smallest absolute Gasteiger partial charge is 0.257 e. The van der Waals surface area contributed by atoms with Crippen molar-refractivity contribution in [2.45, 2.75) is 31.9 Å². The highest BCUT2D eigenvalue weighted by molar-refractivity contribution is 8.00. The van der Waals surface area contributed by atoms with Gasteiger partial charge in [0.2, 0.25) is 0 Å². The monoisotopic (exact) mass is 293 g/mol. The molecule has 0 radical (unpaired) electrons. The van der Waals surface area contributed by atoms with Crippen molar-refractivity contribution in [1.82, 2.24) is 9.88 Å². The number of anilines is 1. The van der Waals surface area contributed by atoms with Crippen molar-refractivity contribution >= 4 is 23.4 Å². The van der Waals surface area contributed by atoms with Crippen LogP contribution in [0, 0.1) is 0 Å². The van der Waals surface area contributed by atoms with Crippen molar-refractivity contribution in [3.8, 4) is 0 Å². The Balaban J connectivity index is 2.15. The molecule has 1 aliphatic heterocycles. The lowest BCUT2D eigenvalue weighted by molar-refractivity contribution is 0.0765. The van der Waals surface area contributed by atoms with Gasteiger partial charge in [-0.05, 0) is 19.4 Å². The summed E-state index contributed by atoms with van der Waals surface area (Å²) in [5, 5.41) is 3.24. The summed E-state index contributed by atoms with van der Waals surface area (Å²) in [4.78, 5) is 18.8. The van der Waals surface area contributed by atoms with Crippen LogP contribution in [0.1, 0.15) is 37.6 Å². The number of aromatic nitrogens is 1. The second kappa shape index (κ2) is 6.48. The van der Waals surface area contributed by atoms with Crippen molar-refractivity contribution in [2.24, 2.45) is 0 Å². The normalized spacial score (nSPS) is 18.4. The number of hydrogen-bond donors (Lipinski definition) is 1. The Labute approximate surface area is 125 Å². The van der Waals surface area contributed by atoms with Gasteiger partial charge in [-0.3, -0.25) is 9.78 Å². The fourth-order valence-electron chi connectivity index (χ4n) is 2.30. The Hall–Kier alpha value is -1.23. The zero-order chi connectivity index (χ0) is 14.6. The van der Waals surface area contributed by atoms with Crippen molar-refractivity contribution in [1.29, 1.82) is 0 Å². The van der Waals surface area contributed by atoms with E-state index in [9.17, 15) is 4.79 Å². The van der Waals surface area contributed by atoms with Crippen LogP contribution in [0.3, 0.4) is 0 Å². The molecule has 0 spiro atoms. The highest BCUT2D eigenvalue weighted by atomic mass is 32.2. The molecular weight excluding hydrogens is 270 g/mol. The highest BCUT2D eigenvalue weighted by Gasteiger charge is 2.27. The van der Waals surface area contributed by atoms with Crippen LogP contribution in [0.4, 0.5) is 5.69 Å². The van der Waals surface area contributed by atoms with Gasteiger partial charge < -0.3 is 10.2 Å². The van der Waals surface area contributed by atoms with Crippen molar-refractivity contribution in [3.63, 3.8) is 0 Å². The maximum Gasteiger partial charge on any atom is 0.257 e. The van der Waals surface area contributed by atoms with Crippen LogP contribution in [0.2, 0.25) is 0 Å². The molecule has 1 N–H and O–H groups in total. The first-order valence-electron chi connectivity index (χ1n) is 7.14. The summed E-state index contributed by atoms with van der Waals surface area (Å²) >= 11 is 1.95. The average molecular weight is 293 g/mol. The molecule has 20 heavy (non-hydrogen) atoms. The SMILES string of the molecule is CCNc1ccncc1C(=O)N1CCSC(C)(C)CC1. The maximum absolute atomic E-state index is 12.7. The van der Waals surface area contributed by atoms with E-state index >= 15 is 0 Å². The number of nitrogens with one attached hydrogen (secondary N) is 1. The third-order valence-electron chi connectivity index (χ3n) is 3.54. The Morgan fingerprint density at radius 2 is 2.30 bits per heavy atom. The van der Waals surface area contributed by atoms with Crippen LogP contribution < -0.4 is 5.32 Å². The van der Waals surface area contributed by atoms with Crippen molar-refractivity contribution < 1.29 is 4.79 Å². The van der Waals surface area contributed by atoms with Crippen molar-refractivity contribution in [2.75, 3.05) is 30.7 Å². The summed E-state index contributed by atoms with van der Waals surface area (Å²) in [7, 11) is 0. The van der Waals surface area contributed by atoms with E-state index in [1.807, 2.05) is 29.7 Å². The molecule has 0 bridgehead atoms. The Bertz CT molecular complexity index is 476. The molecule has 0 aromatic carbocycles. The zero-order valence-corrected chi connectivity index (χ0v) is 13.3. The second-order valence-electron chi connectivity index (χ2n) is 5.60. The molecule has 1 aromatic rings. The van der Waals surface area contributed by atoms with Gasteiger partial charge in [0.25, 0.3) is 5.91 Å². The lowest BCUT2D eigenvalue weighted by Gasteiger charge is -2.23. The van der Waals surface area contributed by atoms with Gasteiger partial charge in [-0.15, -0.1) is 0 Å². The predicted octanol–water partition coefficient (Wildman–Crippen LogP) is 2.87. The molecule has 1 aliphatic rings. The van der Waals surface area contributed by atoms with Crippen LogP contribution in [0.5, 0.6) is 0 Å². The number of pyridine rings is 1. The highest BCUT2D eigenvalue weighted by Crippen LogP contribution is 2.31. The first-order valence-corrected chi connectivity index (χ1v) is 8.13. The van der Waals surface area contributed by atoms with E-state index in [0.717, 1.165) is 37.5 Å². The number of hydrogen-bond acceptors (Lipinski definition) is 4. The van der Waals surface area contributed by atoms with Crippen LogP contribution >= 0.6 is 11.8 Å². The molecule has 1 saturated heterocycles. The molecule has 0 aliphatic carbocycles. The van der Waals surface area contributed by atoms with Gasteiger partial charge in [-0.2, -0.15) is 11.8 Å². The molecule has 0 saturated carbocycles. The second-order valence-corrected chi connectivity index (χ2v) is 7.40. The van der Waals surface area contributed by atoms with E-state index < -0.39 is 0 Å². The average Bonchev–Trinajstić information content (AvgIpc) is 2.60. The van der Waals surface area contributed by atoms with E-state index in [1.54, 1.807) is 12.4 Å². The summed E-state index contributed by atoms with van der Waals surface area (Å²) in [6.07, 6.45) is 4.42. The van der Waals surface area contributed by atoms with Crippen molar-refractivity contribution in [3.05, 3.63) is 24.0 Å². The number of nitrogens with zero attached hydrogens (tertiary/aromatic N) is 2. The first kappa shape index (κ1) is 15.2. The van der Waals surface area contributed by atoms with E-state index in [0.29, 0.717) is 5.56 Å². The van der Waals surface area contributed by atoms with Gasteiger partial charge in [0.15, 0.2) is 0 Å². The minimum absolute atomic E-state index is 0.0901. The topological polar surface area (TPSA) is 45.2 Å². The van der Waals surface area contributed by atoms with E-state index in [2.05, 4.69) is 24.1 Å². The summed E-state index contributed by atoms with van der Waals surface area (Å²) in [5.41, 5.74) is 1.56. The molecule has 110 valence electrons. The molecule has 1 aromatic heterocycles. The molecule has 1 amide bonds. The summed E-state index contributed by atoms with van der Waals surface area (Å²) in [6.45, 7) is 8.96. The fourth-order valence-corrected chi connectivity index (χ4v) is 3.40. The molecule has 0 unspecified atom stereocenters. The third kappa shape index (κ3) is 3.66. The lowest BCUT2D eigenvalue weighted by atomic mass is 10.1. The van der Waals surface area contributed by atoms with E-state index in [4.69, 9.17) is 0 Å². The van der Waals surface area contributed by atoms with Gasteiger partial charge in [-0.1, -0.05) is 13.8 Å². The standard InChI is InChI=1S/C15H23N3OS/c1-4-17-13-5-7-16-11-12(13)14(19)18-8-6-15(2,3)20-10-9-18/h5,7,11H,4,6,8-10H2,1-3H3,(H,16,17). The molecule has 1 fully saturated rings. The first-order chi connectivity index (χ1) is 9.53. The molecule has 5 heteroatoms. The van der Waals surface area contributed by atoms with Gasteiger partial charge in [0.05, 0.1) is 11.3 Å². The summed E-state index contributed by atoms with van der Waals surface area (Å²) < 4.78 is 0.258. The number of thioether (sulfide) groups is 1. The van der Waals surface area contributed by atoms with Crippen LogP contribution in [-0.4, -0.2) is 45.9 Å². The van der Waals surface area contributed by atoms with Crippen LogP contribution in [0.25, 0.3) is 0 Å². The van der Waals surface area contributed by atoms with Gasteiger partial charge in [-0.25, -0.2) is 0 Å². The summed E-state index contributed by atoms with van der Waals surface area (Å²) in [5.74, 6) is 1.09. The molecule has 0 atom stereocenters. The predicted molar refractivity (Wildman–Crippen MR) is 85.5 cm³/mol. The van der Waals surface area contributed by atoms with Gasteiger partial charge in [0.1, 0.15) is 0 Å². The number of amides is 1. The third-order valence-corrected chi connectivity index (χ3v) is 4.92. The molecule has 4 nitrogen and oxygen atoms in total. The maximum atomic E-state index is 12.7. The number of carbonyl (C=O) groups excluding carboxylic acids is 1. The number of carbonyl (C=O) groups is 1. The van der Waals surface area contributed by atoms with E-state index in [1.165, 1.54) is 0 Å². The molecule has 2 rings (SSSR count). The Morgan fingerprint density at radius 3 is 3.05 bits per heavy atom. The molecular formula is C15H23N3OS. The van der Waals surface area contributed by atoms with Gasteiger partial charge >= 0.3 is 0 Å². The quantitative estimate of drug-likeness (QED) is 0.931. The van der Waals surface area contributed by atoms with E-state index in [-0.39, 0.29) is 10.7 Å². The van der Waals surface area contributed by atoms with Gasteiger partial charge in [0, 0.05) is 42.5 Å². The number of rotatable bonds is 3. The van der Waals surface area contributed by atoms with Crippen LogP contribution in [-0.2, 0) is 0 Å².